The predicted molar refractivity (Wildman–Crippen MR) is 67.5 cm³/mol. The maximum absolute atomic E-state index is 11.5. The Balaban J connectivity index is 4.09. The number of alkyl carbamates (subject to hydrolysis) is 1. The summed E-state index contributed by atoms with van der Waals surface area (Å²) in [5.74, 6) is 0.472. The van der Waals surface area contributed by atoms with Gasteiger partial charge in [-0.3, -0.25) is 0 Å². The molecule has 0 aromatic carbocycles. The van der Waals surface area contributed by atoms with Gasteiger partial charge in [-0.2, -0.15) is 0 Å². The molecule has 3 nitrogen and oxygen atoms in total. The van der Waals surface area contributed by atoms with Gasteiger partial charge in [0.05, 0.1) is 0 Å². The van der Waals surface area contributed by atoms with Crippen molar-refractivity contribution in [2.45, 2.75) is 60.5 Å². The number of rotatable bonds is 3. The van der Waals surface area contributed by atoms with Crippen molar-refractivity contribution in [2.75, 3.05) is 6.54 Å². The summed E-state index contributed by atoms with van der Waals surface area (Å²) in [6, 6.07) is 0. The summed E-state index contributed by atoms with van der Waals surface area (Å²) in [5, 5.41) is 2.84. The molecule has 1 N–H and O–H groups in total. The van der Waals surface area contributed by atoms with Crippen molar-refractivity contribution in [1.29, 1.82) is 0 Å². The highest BCUT2D eigenvalue weighted by molar-refractivity contribution is 5.67. The summed E-state index contributed by atoms with van der Waals surface area (Å²) in [6.45, 7) is 15.0. The first-order valence-corrected chi connectivity index (χ1v) is 6.03. The normalized spacial score (nSPS) is 14.4. The molecule has 0 aromatic rings. The van der Waals surface area contributed by atoms with Gasteiger partial charge < -0.3 is 10.1 Å². The molecule has 16 heavy (non-hydrogen) atoms. The van der Waals surface area contributed by atoms with Crippen LogP contribution in [0.25, 0.3) is 0 Å². The zero-order valence-corrected chi connectivity index (χ0v) is 11.8. The van der Waals surface area contributed by atoms with Crippen molar-refractivity contribution in [3.63, 3.8) is 0 Å². The van der Waals surface area contributed by atoms with Gasteiger partial charge in [0, 0.05) is 6.54 Å². The van der Waals surface area contributed by atoms with Gasteiger partial charge in [-0.25, -0.2) is 4.79 Å². The summed E-state index contributed by atoms with van der Waals surface area (Å²) in [6.07, 6.45) is 0.731. The van der Waals surface area contributed by atoms with E-state index in [1.54, 1.807) is 0 Å². The Kier molecular flexibility index (Phi) is 5.30. The molecule has 0 heterocycles. The van der Waals surface area contributed by atoms with Crippen LogP contribution in [0.4, 0.5) is 4.79 Å². The molecule has 0 bridgehead atoms. The second-order valence-corrected chi connectivity index (χ2v) is 6.35. The maximum Gasteiger partial charge on any atom is 0.407 e. The topological polar surface area (TPSA) is 38.3 Å². The lowest BCUT2D eigenvalue weighted by atomic mass is 9.79. The Hall–Kier alpha value is -0.730. The van der Waals surface area contributed by atoms with E-state index in [0.717, 1.165) is 6.42 Å². The standard InChI is InChI=1S/C13H27NO2/c1-8-10(12(2,3)4)9-14-11(15)16-13(5,6)7/h10H,8-9H2,1-7H3,(H,14,15). The Morgan fingerprint density at radius 1 is 1.19 bits per heavy atom. The molecular formula is C13H27NO2. The number of carbonyl (C=O) groups excluding carboxylic acids is 1. The minimum absolute atomic E-state index is 0.212. The van der Waals surface area contributed by atoms with Crippen molar-refractivity contribution in [3.8, 4) is 0 Å². The summed E-state index contributed by atoms with van der Waals surface area (Å²) in [7, 11) is 0. The zero-order valence-electron chi connectivity index (χ0n) is 11.8. The van der Waals surface area contributed by atoms with Gasteiger partial charge in [0.2, 0.25) is 0 Å². The van der Waals surface area contributed by atoms with Gasteiger partial charge in [-0.15, -0.1) is 0 Å². The van der Waals surface area contributed by atoms with Gasteiger partial charge in [0.25, 0.3) is 0 Å². The van der Waals surface area contributed by atoms with Crippen LogP contribution >= 0.6 is 0 Å². The van der Waals surface area contributed by atoms with E-state index in [-0.39, 0.29) is 11.5 Å². The molecule has 0 aromatic heterocycles. The van der Waals surface area contributed by atoms with Crippen LogP contribution in [0.3, 0.4) is 0 Å². The fourth-order valence-corrected chi connectivity index (χ4v) is 1.58. The molecule has 1 amide bonds. The third-order valence-corrected chi connectivity index (χ3v) is 2.61. The molecule has 0 aliphatic heterocycles. The molecule has 0 saturated heterocycles. The molecule has 96 valence electrons. The van der Waals surface area contributed by atoms with Crippen LogP contribution in [0, 0.1) is 11.3 Å². The Labute approximate surface area is 99.9 Å². The first-order valence-electron chi connectivity index (χ1n) is 6.03. The number of hydrogen-bond donors (Lipinski definition) is 1. The average molecular weight is 229 g/mol. The van der Waals surface area contributed by atoms with Crippen molar-refractivity contribution < 1.29 is 9.53 Å². The smallest absolute Gasteiger partial charge is 0.407 e. The lowest BCUT2D eigenvalue weighted by Crippen LogP contribution is -2.38. The summed E-state index contributed by atoms with van der Waals surface area (Å²) in [5.41, 5.74) is -0.211. The van der Waals surface area contributed by atoms with Crippen LogP contribution in [-0.4, -0.2) is 18.2 Å². The van der Waals surface area contributed by atoms with Crippen molar-refractivity contribution in [1.82, 2.24) is 5.32 Å². The first kappa shape index (κ1) is 15.3. The highest BCUT2D eigenvalue weighted by Gasteiger charge is 2.24. The van der Waals surface area contributed by atoms with E-state index < -0.39 is 5.60 Å². The summed E-state index contributed by atoms with van der Waals surface area (Å²) >= 11 is 0. The third kappa shape index (κ3) is 6.70. The molecule has 0 radical (unpaired) electrons. The fraction of sp³-hybridized carbons (Fsp3) is 0.923. The monoisotopic (exact) mass is 229 g/mol. The molecule has 0 saturated carbocycles. The molecule has 1 unspecified atom stereocenters. The van der Waals surface area contributed by atoms with Gasteiger partial charge in [0.1, 0.15) is 5.60 Å². The van der Waals surface area contributed by atoms with Crippen molar-refractivity contribution in [2.24, 2.45) is 11.3 Å². The Morgan fingerprint density at radius 2 is 1.69 bits per heavy atom. The Morgan fingerprint density at radius 3 is 2.00 bits per heavy atom. The van der Waals surface area contributed by atoms with E-state index in [4.69, 9.17) is 4.74 Å². The maximum atomic E-state index is 11.5. The van der Waals surface area contributed by atoms with E-state index in [1.165, 1.54) is 0 Å². The van der Waals surface area contributed by atoms with Gasteiger partial charge in [0.15, 0.2) is 0 Å². The fourth-order valence-electron chi connectivity index (χ4n) is 1.58. The number of carbonyl (C=O) groups is 1. The SMILES string of the molecule is CCC(CNC(=O)OC(C)(C)C)C(C)(C)C. The second-order valence-electron chi connectivity index (χ2n) is 6.35. The largest absolute Gasteiger partial charge is 0.444 e. The van der Waals surface area contributed by atoms with E-state index in [0.29, 0.717) is 12.5 Å². The van der Waals surface area contributed by atoms with Gasteiger partial charge in [-0.05, 0) is 32.1 Å². The van der Waals surface area contributed by atoms with Crippen LogP contribution in [0.5, 0.6) is 0 Å². The highest BCUT2D eigenvalue weighted by atomic mass is 16.6. The zero-order chi connectivity index (χ0) is 13.0. The second kappa shape index (κ2) is 5.55. The van der Waals surface area contributed by atoms with Crippen LogP contribution in [0.2, 0.25) is 0 Å². The third-order valence-electron chi connectivity index (χ3n) is 2.61. The first-order chi connectivity index (χ1) is 7.06. The van der Waals surface area contributed by atoms with Crippen LogP contribution in [-0.2, 0) is 4.74 Å². The van der Waals surface area contributed by atoms with Gasteiger partial charge in [-0.1, -0.05) is 34.1 Å². The van der Waals surface area contributed by atoms with Crippen LogP contribution < -0.4 is 5.32 Å². The van der Waals surface area contributed by atoms with E-state index in [9.17, 15) is 4.79 Å². The van der Waals surface area contributed by atoms with E-state index in [2.05, 4.69) is 33.0 Å². The molecule has 0 fully saturated rings. The van der Waals surface area contributed by atoms with Crippen LogP contribution in [0.15, 0.2) is 0 Å². The quantitative estimate of drug-likeness (QED) is 0.803. The lowest BCUT2D eigenvalue weighted by molar-refractivity contribution is 0.0504. The number of nitrogens with one attached hydrogen (secondary N) is 1. The minimum Gasteiger partial charge on any atom is -0.444 e. The molecular weight excluding hydrogens is 202 g/mol. The predicted octanol–water partition coefficient (Wildman–Crippen LogP) is 3.58. The highest BCUT2D eigenvalue weighted by Crippen LogP contribution is 2.27. The summed E-state index contributed by atoms with van der Waals surface area (Å²) in [4.78, 5) is 11.5. The number of hydrogen-bond acceptors (Lipinski definition) is 2. The molecule has 3 heteroatoms. The number of amides is 1. The van der Waals surface area contributed by atoms with Crippen LogP contribution in [0.1, 0.15) is 54.9 Å². The number of ether oxygens (including phenoxy) is 1. The molecule has 0 rings (SSSR count). The lowest BCUT2D eigenvalue weighted by Gasteiger charge is -2.30. The van der Waals surface area contributed by atoms with Crippen molar-refractivity contribution >= 4 is 6.09 Å². The minimum atomic E-state index is -0.423. The Bertz CT molecular complexity index is 223. The van der Waals surface area contributed by atoms with E-state index in [1.807, 2.05) is 20.8 Å². The van der Waals surface area contributed by atoms with Gasteiger partial charge >= 0.3 is 6.09 Å². The molecule has 0 spiro atoms. The van der Waals surface area contributed by atoms with E-state index >= 15 is 0 Å². The average Bonchev–Trinajstić information content (AvgIpc) is 1.98. The summed E-state index contributed by atoms with van der Waals surface area (Å²) < 4.78 is 5.20. The molecule has 0 aliphatic rings. The molecule has 1 atom stereocenters. The van der Waals surface area contributed by atoms with Crippen molar-refractivity contribution in [3.05, 3.63) is 0 Å². The molecule has 0 aliphatic carbocycles.